The Bertz CT molecular complexity index is 1170. The molecular formula is C22H20N4O2. The van der Waals surface area contributed by atoms with Crippen LogP contribution in [0.2, 0.25) is 0 Å². The average molecular weight is 372 g/mol. The number of carbonyl (C=O) groups excluding carboxylic acids is 1. The van der Waals surface area contributed by atoms with Crippen LogP contribution in [0.5, 0.6) is 5.75 Å². The van der Waals surface area contributed by atoms with Gasteiger partial charge in [-0.15, -0.1) is 0 Å². The van der Waals surface area contributed by atoms with Crippen LogP contribution in [-0.2, 0) is 0 Å². The van der Waals surface area contributed by atoms with Crippen LogP contribution in [-0.4, -0.2) is 27.8 Å². The van der Waals surface area contributed by atoms with E-state index in [0.717, 1.165) is 33.6 Å². The quantitative estimate of drug-likeness (QED) is 0.580. The second-order valence-corrected chi connectivity index (χ2v) is 6.53. The summed E-state index contributed by atoms with van der Waals surface area (Å²) >= 11 is 0. The predicted octanol–water partition coefficient (Wildman–Crippen LogP) is 4.30. The van der Waals surface area contributed by atoms with Crippen LogP contribution in [0.25, 0.3) is 16.5 Å². The van der Waals surface area contributed by atoms with Gasteiger partial charge in [-0.2, -0.15) is 5.10 Å². The molecule has 0 fully saturated rings. The standard InChI is InChI=1S/C22H20N4O2/c1-14-21(15(2)26(25-14)18-7-5-4-6-8-18)24-22(27)20-12-17-11-19(28-3)10-9-16(17)13-23-20/h4-13H,1-3H3,(H,24,27). The second-order valence-electron chi connectivity index (χ2n) is 6.53. The summed E-state index contributed by atoms with van der Waals surface area (Å²) in [6, 6.07) is 17.3. The lowest BCUT2D eigenvalue weighted by atomic mass is 10.1. The molecule has 0 radical (unpaired) electrons. The van der Waals surface area contributed by atoms with E-state index < -0.39 is 0 Å². The number of anilines is 1. The van der Waals surface area contributed by atoms with Gasteiger partial charge in [-0.25, -0.2) is 4.68 Å². The highest BCUT2D eigenvalue weighted by atomic mass is 16.5. The third kappa shape index (κ3) is 3.20. The monoisotopic (exact) mass is 372 g/mol. The fraction of sp³-hybridized carbons (Fsp3) is 0.136. The van der Waals surface area contributed by atoms with Gasteiger partial charge in [0.05, 0.1) is 29.9 Å². The van der Waals surface area contributed by atoms with Crippen molar-refractivity contribution in [2.75, 3.05) is 12.4 Å². The van der Waals surface area contributed by atoms with Gasteiger partial charge in [0.1, 0.15) is 11.4 Å². The number of benzene rings is 2. The third-order valence-corrected chi connectivity index (χ3v) is 4.69. The van der Waals surface area contributed by atoms with E-state index in [0.29, 0.717) is 11.4 Å². The highest BCUT2D eigenvalue weighted by Crippen LogP contribution is 2.24. The van der Waals surface area contributed by atoms with Crippen LogP contribution in [0.1, 0.15) is 21.9 Å². The number of amides is 1. The summed E-state index contributed by atoms with van der Waals surface area (Å²) in [5.74, 6) is 0.462. The molecule has 2 aromatic heterocycles. The van der Waals surface area contributed by atoms with E-state index in [1.165, 1.54) is 0 Å². The van der Waals surface area contributed by atoms with Crippen LogP contribution >= 0.6 is 0 Å². The fourth-order valence-corrected chi connectivity index (χ4v) is 3.19. The number of para-hydroxylation sites is 1. The van der Waals surface area contributed by atoms with Crippen molar-refractivity contribution >= 4 is 22.4 Å². The minimum Gasteiger partial charge on any atom is -0.497 e. The maximum atomic E-state index is 12.8. The van der Waals surface area contributed by atoms with Gasteiger partial charge in [0.25, 0.3) is 5.91 Å². The van der Waals surface area contributed by atoms with Gasteiger partial charge in [0.15, 0.2) is 0 Å². The van der Waals surface area contributed by atoms with E-state index in [9.17, 15) is 4.79 Å². The maximum Gasteiger partial charge on any atom is 0.274 e. The molecule has 4 rings (SSSR count). The summed E-state index contributed by atoms with van der Waals surface area (Å²) in [7, 11) is 1.62. The van der Waals surface area contributed by atoms with Crippen LogP contribution in [0.15, 0.2) is 60.8 Å². The number of aromatic nitrogens is 3. The van der Waals surface area contributed by atoms with E-state index in [-0.39, 0.29) is 5.91 Å². The largest absolute Gasteiger partial charge is 0.497 e. The van der Waals surface area contributed by atoms with Gasteiger partial charge in [0.2, 0.25) is 0 Å². The minimum atomic E-state index is -0.275. The molecule has 4 aromatic rings. The van der Waals surface area contributed by atoms with Gasteiger partial charge >= 0.3 is 0 Å². The first-order valence-corrected chi connectivity index (χ1v) is 8.93. The number of carbonyl (C=O) groups is 1. The molecule has 0 aliphatic rings. The molecule has 28 heavy (non-hydrogen) atoms. The molecule has 0 atom stereocenters. The number of nitrogens with zero attached hydrogens (tertiary/aromatic N) is 3. The van der Waals surface area contributed by atoms with E-state index in [2.05, 4.69) is 15.4 Å². The summed E-state index contributed by atoms with van der Waals surface area (Å²) in [4.78, 5) is 17.1. The maximum absolute atomic E-state index is 12.8. The van der Waals surface area contributed by atoms with Crippen molar-refractivity contribution in [3.05, 3.63) is 77.9 Å². The Hall–Kier alpha value is -3.67. The molecule has 0 aliphatic heterocycles. The molecule has 1 amide bonds. The first-order chi connectivity index (χ1) is 13.6. The summed E-state index contributed by atoms with van der Waals surface area (Å²) in [6.07, 6.45) is 1.69. The van der Waals surface area contributed by atoms with Gasteiger partial charge in [-0.3, -0.25) is 9.78 Å². The van der Waals surface area contributed by atoms with Gasteiger partial charge in [0, 0.05) is 11.6 Å². The zero-order chi connectivity index (χ0) is 19.7. The first-order valence-electron chi connectivity index (χ1n) is 8.93. The summed E-state index contributed by atoms with van der Waals surface area (Å²) in [5, 5.41) is 9.37. The summed E-state index contributed by atoms with van der Waals surface area (Å²) in [5.41, 5.74) is 3.59. The highest BCUT2D eigenvalue weighted by molar-refractivity contribution is 6.05. The normalized spacial score (nSPS) is 10.8. The van der Waals surface area contributed by atoms with Crippen molar-refractivity contribution in [3.63, 3.8) is 0 Å². The Kier molecular flexibility index (Phi) is 4.53. The van der Waals surface area contributed by atoms with Crippen molar-refractivity contribution in [2.45, 2.75) is 13.8 Å². The Balaban J connectivity index is 1.65. The van der Waals surface area contributed by atoms with Gasteiger partial charge < -0.3 is 10.1 Å². The number of ether oxygens (including phenoxy) is 1. The number of aryl methyl sites for hydroxylation is 1. The number of pyridine rings is 1. The Morgan fingerprint density at radius 2 is 1.82 bits per heavy atom. The SMILES string of the molecule is COc1ccc2cnc(C(=O)Nc3c(C)nn(-c4ccccc4)c3C)cc2c1. The fourth-order valence-electron chi connectivity index (χ4n) is 3.19. The van der Waals surface area contributed by atoms with Crippen LogP contribution in [0.3, 0.4) is 0 Å². The lowest BCUT2D eigenvalue weighted by Gasteiger charge is -2.08. The number of rotatable bonds is 4. The van der Waals surface area contributed by atoms with Crippen molar-refractivity contribution in [1.29, 1.82) is 0 Å². The summed E-state index contributed by atoms with van der Waals surface area (Å²) < 4.78 is 7.09. The minimum absolute atomic E-state index is 0.275. The molecule has 6 nitrogen and oxygen atoms in total. The van der Waals surface area contributed by atoms with Crippen molar-refractivity contribution in [1.82, 2.24) is 14.8 Å². The van der Waals surface area contributed by atoms with Gasteiger partial charge in [-0.05, 0) is 55.6 Å². The Morgan fingerprint density at radius 3 is 2.57 bits per heavy atom. The highest BCUT2D eigenvalue weighted by Gasteiger charge is 2.17. The zero-order valence-corrected chi connectivity index (χ0v) is 15.9. The van der Waals surface area contributed by atoms with Crippen LogP contribution < -0.4 is 10.1 Å². The molecular weight excluding hydrogens is 352 g/mol. The predicted molar refractivity (Wildman–Crippen MR) is 109 cm³/mol. The molecule has 0 saturated heterocycles. The first kappa shape index (κ1) is 17.7. The van der Waals surface area contributed by atoms with E-state index >= 15 is 0 Å². The molecule has 0 spiro atoms. The second kappa shape index (κ2) is 7.15. The Labute approximate surface area is 162 Å². The average Bonchev–Trinajstić information content (AvgIpc) is 3.01. The lowest BCUT2D eigenvalue weighted by Crippen LogP contribution is -2.14. The number of nitrogens with one attached hydrogen (secondary N) is 1. The number of methoxy groups -OCH3 is 1. The van der Waals surface area contributed by atoms with Crippen molar-refractivity contribution < 1.29 is 9.53 Å². The van der Waals surface area contributed by atoms with Crippen molar-refractivity contribution in [2.24, 2.45) is 0 Å². The molecule has 2 heterocycles. The van der Waals surface area contributed by atoms with E-state index in [1.807, 2.05) is 67.1 Å². The number of hydrogen-bond donors (Lipinski definition) is 1. The van der Waals surface area contributed by atoms with E-state index in [4.69, 9.17) is 4.74 Å². The molecule has 140 valence electrons. The van der Waals surface area contributed by atoms with Crippen LogP contribution in [0, 0.1) is 13.8 Å². The molecule has 2 aromatic carbocycles. The van der Waals surface area contributed by atoms with Gasteiger partial charge in [-0.1, -0.05) is 18.2 Å². The molecule has 0 bridgehead atoms. The lowest BCUT2D eigenvalue weighted by molar-refractivity contribution is 0.102. The zero-order valence-electron chi connectivity index (χ0n) is 15.9. The third-order valence-electron chi connectivity index (χ3n) is 4.69. The molecule has 6 heteroatoms. The molecule has 1 N–H and O–H groups in total. The molecule has 0 saturated carbocycles. The van der Waals surface area contributed by atoms with Crippen molar-refractivity contribution in [3.8, 4) is 11.4 Å². The van der Waals surface area contributed by atoms with Crippen LogP contribution in [0.4, 0.5) is 5.69 Å². The number of hydrogen-bond acceptors (Lipinski definition) is 4. The van der Waals surface area contributed by atoms with E-state index in [1.54, 1.807) is 19.4 Å². The topological polar surface area (TPSA) is 69.0 Å². The Morgan fingerprint density at radius 1 is 1.04 bits per heavy atom. The smallest absolute Gasteiger partial charge is 0.274 e. The summed E-state index contributed by atoms with van der Waals surface area (Å²) in [6.45, 7) is 3.81. The number of fused-ring (bicyclic) bond motifs is 1. The molecule has 0 aliphatic carbocycles. The molecule has 0 unspecified atom stereocenters.